The standard InChI is InChI=1S/C19H23N5O2/c1-14(2)19-22-18(26-23-19)8-4-7-17(25)21-16-6-3-5-15(11-16)12-24-10-9-20-13-24/h3,5-6,9-11,13-14H,4,7-8,12H2,1-2H3,(H,21,25). The third-order valence-electron chi connectivity index (χ3n) is 3.93. The van der Waals surface area contributed by atoms with Crippen LogP contribution >= 0.6 is 0 Å². The van der Waals surface area contributed by atoms with E-state index < -0.39 is 0 Å². The Morgan fingerprint density at radius 2 is 2.23 bits per heavy atom. The lowest BCUT2D eigenvalue weighted by atomic mass is 10.2. The first kappa shape index (κ1) is 17.8. The third-order valence-corrected chi connectivity index (χ3v) is 3.93. The van der Waals surface area contributed by atoms with E-state index in [9.17, 15) is 4.79 Å². The molecule has 0 unspecified atom stereocenters. The minimum Gasteiger partial charge on any atom is -0.339 e. The fraction of sp³-hybridized carbons (Fsp3) is 0.368. The summed E-state index contributed by atoms with van der Waals surface area (Å²) in [6.07, 6.45) is 7.11. The average molecular weight is 353 g/mol. The molecule has 1 amide bonds. The number of nitrogens with zero attached hydrogens (tertiary/aromatic N) is 4. The molecule has 0 fully saturated rings. The van der Waals surface area contributed by atoms with Gasteiger partial charge in [0.1, 0.15) is 0 Å². The SMILES string of the molecule is CC(C)c1noc(CCCC(=O)Nc2cccc(Cn3ccnc3)c2)n1. The van der Waals surface area contributed by atoms with Crippen molar-refractivity contribution < 1.29 is 9.32 Å². The molecule has 0 saturated carbocycles. The maximum atomic E-state index is 12.2. The van der Waals surface area contributed by atoms with Gasteiger partial charge < -0.3 is 14.4 Å². The number of amides is 1. The summed E-state index contributed by atoms with van der Waals surface area (Å²) in [6, 6.07) is 7.83. The van der Waals surface area contributed by atoms with Crippen molar-refractivity contribution in [1.29, 1.82) is 0 Å². The van der Waals surface area contributed by atoms with Gasteiger partial charge in [0, 0.05) is 43.4 Å². The molecule has 0 aliphatic heterocycles. The maximum Gasteiger partial charge on any atom is 0.226 e. The summed E-state index contributed by atoms with van der Waals surface area (Å²) in [5, 5.41) is 6.87. The summed E-state index contributed by atoms with van der Waals surface area (Å²) < 4.78 is 7.17. The van der Waals surface area contributed by atoms with E-state index in [0.29, 0.717) is 31.0 Å². The second kappa shape index (κ2) is 8.42. The highest BCUT2D eigenvalue weighted by molar-refractivity contribution is 5.90. The van der Waals surface area contributed by atoms with Gasteiger partial charge in [0.2, 0.25) is 11.8 Å². The van der Waals surface area contributed by atoms with Gasteiger partial charge in [-0.05, 0) is 24.1 Å². The Bertz CT molecular complexity index is 839. The topological polar surface area (TPSA) is 85.8 Å². The van der Waals surface area contributed by atoms with Crippen LogP contribution in [0.5, 0.6) is 0 Å². The van der Waals surface area contributed by atoms with Crippen LogP contribution < -0.4 is 5.32 Å². The zero-order chi connectivity index (χ0) is 18.4. The Kier molecular flexibility index (Phi) is 5.78. The molecule has 7 heteroatoms. The minimum absolute atomic E-state index is 0.0200. The van der Waals surface area contributed by atoms with Gasteiger partial charge in [0.05, 0.1) is 6.33 Å². The molecule has 0 bridgehead atoms. The third kappa shape index (κ3) is 5.02. The molecule has 2 heterocycles. The summed E-state index contributed by atoms with van der Waals surface area (Å²) in [7, 11) is 0. The highest BCUT2D eigenvalue weighted by atomic mass is 16.5. The van der Waals surface area contributed by atoms with Crippen LogP contribution in [0.15, 0.2) is 47.5 Å². The lowest BCUT2D eigenvalue weighted by Gasteiger charge is -2.08. The number of aromatic nitrogens is 4. The number of benzene rings is 1. The fourth-order valence-corrected chi connectivity index (χ4v) is 2.57. The Morgan fingerprint density at radius 3 is 2.96 bits per heavy atom. The van der Waals surface area contributed by atoms with E-state index in [1.807, 2.05) is 48.9 Å². The molecule has 0 radical (unpaired) electrons. The molecule has 136 valence electrons. The first-order chi connectivity index (χ1) is 12.6. The van der Waals surface area contributed by atoms with Gasteiger partial charge in [0.25, 0.3) is 0 Å². The number of anilines is 1. The average Bonchev–Trinajstić information content (AvgIpc) is 3.27. The second-order valence-electron chi connectivity index (χ2n) is 6.54. The molecule has 7 nitrogen and oxygen atoms in total. The zero-order valence-corrected chi connectivity index (χ0v) is 15.1. The summed E-state index contributed by atoms with van der Waals surface area (Å²) in [6.45, 7) is 4.76. The van der Waals surface area contributed by atoms with E-state index in [0.717, 1.165) is 17.8 Å². The van der Waals surface area contributed by atoms with Crippen LogP contribution in [0.3, 0.4) is 0 Å². The van der Waals surface area contributed by atoms with Gasteiger partial charge in [-0.2, -0.15) is 4.98 Å². The Balaban J connectivity index is 1.47. The van der Waals surface area contributed by atoms with Crippen molar-refractivity contribution >= 4 is 11.6 Å². The molecule has 1 aromatic carbocycles. The van der Waals surface area contributed by atoms with Crippen LogP contribution in [-0.4, -0.2) is 25.6 Å². The number of hydrogen-bond acceptors (Lipinski definition) is 5. The number of hydrogen-bond donors (Lipinski definition) is 1. The van der Waals surface area contributed by atoms with Gasteiger partial charge in [-0.15, -0.1) is 0 Å². The minimum atomic E-state index is -0.0200. The second-order valence-corrected chi connectivity index (χ2v) is 6.54. The van der Waals surface area contributed by atoms with Crippen LogP contribution in [0.1, 0.15) is 49.9 Å². The van der Waals surface area contributed by atoms with E-state index in [-0.39, 0.29) is 11.8 Å². The summed E-state index contributed by atoms with van der Waals surface area (Å²) >= 11 is 0. The first-order valence-electron chi connectivity index (χ1n) is 8.77. The molecule has 0 aliphatic rings. The number of nitrogens with one attached hydrogen (secondary N) is 1. The van der Waals surface area contributed by atoms with Crippen LogP contribution in [0, 0.1) is 0 Å². The Morgan fingerprint density at radius 1 is 1.35 bits per heavy atom. The summed E-state index contributed by atoms with van der Waals surface area (Å²) in [5.41, 5.74) is 1.90. The van der Waals surface area contributed by atoms with E-state index in [4.69, 9.17) is 4.52 Å². The molecule has 3 aromatic rings. The zero-order valence-electron chi connectivity index (χ0n) is 15.1. The molecular weight excluding hydrogens is 330 g/mol. The van der Waals surface area contributed by atoms with E-state index >= 15 is 0 Å². The van der Waals surface area contributed by atoms with Gasteiger partial charge in [-0.1, -0.05) is 31.1 Å². The molecule has 0 saturated heterocycles. The predicted octanol–water partition coefficient (Wildman–Crippen LogP) is 3.40. The molecular formula is C19H23N5O2. The lowest BCUT2D eigenvalue weighted by Crippen LogP contribution is -2.12. The Hall–Kier alpha value is -2.96. The van der Waals surface area contributed by atoms with Crippen molar-refractivity contribution in [1.82, 2.24) is 19.7 Å². The van der Waals surface area contributed by atoms with Crippen molar-refractivity contribution in [3.63, 3.8) is 0 Å². The van der Waals surface area contributed by atoms with Crippen molar-refractivity contribution in [3.8, 4) is 0 Å². The van der Waals surface area contributed by atoms with Gasteiger partial charge in [-0.3, -0.25) is 4.79 Å². The monoisotopic (exact) mass is 353 g/mol. The van der Waals surface area contributed by atoms with Crippen molar-refractivity contribution in [3.05, 3.63) is 60.3 Å². The smallest absolute Gasteiger partial charge is 0.226 e. The van der Waals surface area contributed by atoms with Crippen molar-refractivity contribution in [2.45, 2.75) is 45.6 Å². The van der Waals surface area contributed by atoms with E-state index in [1.54, 1.807) is 12.5 Å². The number of imidazole rings is 1. The highest BCUT2D eigenvalue weighted by Crippen LogP contribution is 2.14. The summed E-state index contributed by atoms with van der Waals surface area (Å²) in [5.74, 6) is 1.52. The Labute approximate surface area is 152 Å². The number of aryl methyl sites for hydroxylation is 1. The predicted molar refractivity (Wildman–Crippen MR) is 97.7 cm³/mol. The number of rotatable bonds is 8. The van der Waals surface area contributed by atoms with Crippen LogP contribution in [0.25, 0.3) is 0 Å². The summed E-state index contributed by atoms with van der Waals surface area (Å²) in [4.78, 5) is 20.5. The number of carbonyl (C=O) groups excluding carboxylic acids is 1. The normalized spacial score (nSPS) is 11.0. The molecule has 26 heavy (non-hydrogen) atoms. The van der Waals surface area contributed by atoms with Gasteiger partial charge in [0.15, 0.2) is 5.82 Å². The quantitative estimate of drug-likeness (QED) is 0.671. The van der Waals surface area contributed by atoms with Crippen molar-refractivity contribution in [2.75, 3.05) is 5.32 Å². The number of carbonyl (C=O) groups is 1. The van der Waals surface area contributed by atoms with Gasteiger partial charge >= 0.3 is 0 Å². The van der Waals surface area contributed by atoms with E-state index in [2.05, 4.69) is 20.4 Å². The molecule has 0 spiro atoms. The molecule has 3 rings (SSSR count). The molecule has 0 atom stereocenters. The maximum absolute atomic E-state index is 12.2. The highest BCUT2D eigenvalue weighted by Gasteiger charge is 2.10. The van der Waals surface area contributed by atoms with Crippen LogP contribution in [0.2, 0.25) is 0 Å². The van der Waals surface area contributed by atoms with Gasteiger partial charge in [-0.25, -0.2) is 4.98 Å². The fourth-order valence-electron chi connectivity index (χ4n) is 2.57. The first-order valence-corrected chi connectivity index (χ1v) is 8.77. The lowest BCUT2D eigenvalue weighted by molar-refractivity contribution is -0.116. The van der Waals surface area contributed by atoms with E-state index in [1.165, 1.54) is 0 Å². The molecule has 2 aromatic heterocycles. The van der Waals surface area contributed by atoms with Crippen molar-refractivity contribution in [2.24, 2.45) is 0 Å². The molecule has 1 N–H and O–H groups in total. The van der Waals surface area contributed by atoms with Crippen LogP contribution in [0.4, 0.5) is 5.69 Å². The van der Waals surface area contributed by atoms with Crippen LogP contribution in [-0.2, 0) is 17.8 Å². The largest absolute Gasteiger partial charge is 0.339 e. The molecule has 0 aliphatic carbocycles.